The molecule has 0 radical (unpaired) electrons. The quantitative estimate of drug-likeness (QED) is 0.705. The highest BCUT2D eigenvalue weighted by Gasteiger charge is 2.21. The van der Waals surface area contributed by atoms with Gasteiger partial charge in [-0.2, -0.15) is 0 Å². The molecule has 0 bridgehead atoms. The molecular formula is C21H20N2OS. The van der Waals surface area contributed by atoms with Crippen molar-refractivity contribution in [3.63, 3.8) is 0 Å². The Morgan fingerprint density at radius 3 is 2.92 bits per heavy atom. The second kappa shape index (κ2) is 7.28. The summed E-state index contributed by atoms with van der Waals surface area (Å²) < 4.78 is 0. The number of nitrogens with zero attached hydrogens (tertiary/aromatic N) is 1. The molecule has 1 unspecified atom stereocenters. The molecule has 0 fully saturated rings. The largest absolute Gasteiger partial charge is 0.349 e. The third-order valence-corrected chi connectivity index (χ3v) is 5.75. The highest BCUT2D eigenvalue weighted by molar-refractivity contribution is 8.00. The molecule has 1 aliphatic carbocycles. The monoisotopic (exact) mass is 348 g/mol. The molecule has 3 nitrogen and oxygen atoms in total. The second-order valence-electron chi connectivity index (χ2n) is 6.33. The Labute approximate surface area is 151 Å². The van der Waals surface area contributed by atoms with E-state index in [-0.39, 0.29) is 11.9 Å². The van der Waals surface area contributed by atoms with Crippen LogP contribution in [0.3, 0.4) is 0 Å². The minimum atomic E-state index is 0.0904. The van der Waals surface area contributed by atoms with Gasteiger partial charge in [0.2, 0.25) is 5.91 Å². The van der Waals surface area contributed by atoms with E-state index in [1.807, 2.05) is 24.3 Å². The Balaban J connectivity index is 1.43. The molecule has 4 heteroatoms. The number of carbonyl (C=O) groups excluding carboxylic acids is 1. The van der Waals surface area contributed by atoms with E-state index in [0.717, 1.165) is 35.1 Å². The minimum Gasteiger partial charge on any atom is -0.349 e. The van der Waals surface area contributed by atoms with Gasteiger partial charge in [0.15, 0.2) is 0 Å². The topological polar surface area (TPSA) is 42.0 Å². The molecule has 1 aliphatic rings. The van der Waals surface area contributed by atoms with E-state index < -0.39 is 0 Å². The van der Waals surface area contributed by atoms with Crippen molar-refractivity contribution in [2.45, 2.75) is 30.2 Å². The van der Waals surface area contributed by atoms with Crippen molar-refractivity contribution in [1.82, 2.24) is 10.3 Å². The Bertz CT molecular complexity index is 904. The summed E-state index contributed by atoms with van der Waals surface area (Å²) in [5.41, 5.74) is 3.61. The van der Waals surface area contributed by atoms with Gasteiger partial charge in [0.1, 0.15) is 0 Å². The Kier molecular flexibility index (Phi) is 4.70. The Morgan fingerprint density at radius 1 is 1.12 bits per heavy atom. The van der Waals surface area contributed by atoms with Crippen molar-refractivity contribution in [2.24, 2.45) is 0 Å². The third-order valence-electron chi connectivity index (χ3n) is 4.67. The molecule has 126 valence electrons. The van der Waals surface area contributed by atoms with Crippen molar-refractivity contribution in [3.8, 4) is 0 Å². The lowest BCUT2D eigenvalue weighted by atomic mass is 9.88. The molecule has 1 amide bonds. The van der Waals surface area contributed by atoms with Crippen molar-refractivity contribution in [1.29, 1.82) is 0 Å². The van der Waals surface area contributed by atoms with Crippen LogP contribution in [-0.2, 0) is 11.2 Å². The number of amides is 1. The fourth-order valence-electron chi connectivity index (χ4n) is 3.48. The molecule has 0 saturated heterocycles. The summed E-state index contributed by atoms with van der Waals surface area (Å²) in [5.74, 6) is 0.514. The smallest absolute Gasteiger partial charge is 0.230 e. The maximum absolute atomic E-state index is 12.5. The first kappa shape index (κ1) is 16.2. The molecule has 3 aromatic rings. The zero-order valence-electron chi connectivity index (χ0n) is 13.9. The predicted molar refractivity (Wildman–Crippen MR) is 103 cm³/mol. The maximum Gasteiger partial charge on any atom is 0.230 e. The van der Waals surface area contributed by atoms with E-state index in [4.69, 9.17) is 0 Å². The van der Waals surface area contributed by atoms with Gasteiger partial charge in [0.05, 0.1) is 17.3 Å². The zero-order valence-corrected chi connectivity index (χ0v) is 14.8. The first-order valence-electron chi connectivity index (χ1n) is 8.65. The summed E-state index contributed by atoms with van der Waals surface area (Å²) in [6.07, 6.45) is 5.07. The van der Waals surface area contributed by atoms with Crippen LogP contribution >= 0.6 is 11.8 Å². The van der Waals surface area contributed by atoms with Gasteiger partial charge in [-0.05, 0) is 42.5 Å². The summed E-state index contributed by atoms with van der Waals surface area (Å²) in [6, 6.07) is 18.6. The number of rotatable bonds is 4. The van der Waals surface area contributed by atoms with Gasteiger partial charge in [-0.25, -0.2) is 0 Å². The van der Waals surface area contributed by atoms with Crippen LogP contribution in [0.25, 0.3) is 10.9 Å². The SMILES string of the molecule is O=C(CSc1ccnc2ccccc12)NC1CCCc2ccccc21. The van der Waals surface area contributed by atoms with Crippen LogP contribution < -0.4 is 5.32 Å². The second-order valence-corrected chi connectivity index (χ2v) is 7.34. The van der Waals surface area contributed by atoms with Gasteiger partial charge < -0.3 is 5.32 Å². The fourth-order valence-corrected chi connectivity index (χ4v) is 4.33. The van der Waals surface area contributed by atoms with Crippen molar-refractivity contribution < 1.29 is 4.79 Å². The number of hydrogen-bond donors (Lipinski definition) is 1. The third kappa shape index (κ3) is 3.54. The van der Waals surface area contributed by atoms with E-state index in [2.05, 4.69) is 40.6 Å². The van der Waals surface area contributed by atoms with Crippen LogP contribution in [0, 0.1) is 0 Å². The van der Waals surface area contributed by atoms with E-state index in [1.54, 1.807) is 18.0 Å². The van der Waals surface area contributed by atoms with Crippen LogP contribution in [0.4, 0.5) is 0 Å². The normalized spacial score (nSPS) is 16.4. The maximum atomic E-state index is 12.5. The van der Waals surface area contributed by atoms with Gasteiger partial charge in [-0.1, -0.05) is 42.5 Å². The number of carbonyl (C=O) groups is 1. The van der Waals surface area contributed by atoms with Crippen molar-refractivity contribution >= 4 is 28.6 Å². The van der Waals surface area contributed by atoms with Crippen molar-refractivity contribution in [3.05, 3.63) is 71.9 Å². The van der Waals surface area contributed by atoms with Crippen LogP contribution in [0.2, 0.25) is 0 Å². The number of para-hydroxylation sites is 1. The average molecular weight is 348 g/mol. The first-order valence-corrected chi connectivity index (χ1v) is 9.63. The van der Waals surface area contributed by atoms with Crippen LogP contribution in [0.1, 0.15) is 30.0 Å². The van der Waals surface area contributed by atoms with Crippen LogP contribution in [-0.4, -0.2) is 16.6 Å². The lowest BCUT2D eigenvalue weighted by Gasteiger charge is -2.26. The molecule has 1 aromatic heterocycles. The lowest BCUT2D eigenvalue weighted by Crippen LogP contribution is -2.32. The van der Waals surface area contributed by atoms with Gasteiger partial charge in [0.25, 0.3) is 0 Å². The van der Waals surface area contributed by atoms with Gasteiger partial charge >= 0.3 is 0 Å². The Hall–Kier alpha value is -2.33. The standard InChI is InChI=1S/C21H20N2OS/c24-21(23-19-11-5-7-15-6-1-2-8-16(15)19)14-25-20-12-13-22-18-10-4-3-9-17(18)20/h1-4,6,8-10,12-13,19H,5,7,11,14H2,(H,23,24). The fraction of sp³-hybridized carbons (Fsp3) is 0.238. The number of benzene rings is 2. The molecule has 2 aromatic carbocycles. The van der Waals surface area contributed by atoms with Gasteiger partial charge in [-0.15, -0.1) is 11.8 Å². The van der Waals surface area contributed by atoms with Crippen molar-refractivity contribution in [2.75, 3.05) is 5.75 Å². The van der Waals surface area contributed by atoms with E-state index >= 15 is 0 Å². The van der Waals surface area contributed by atoms with E-state index in [0.29, 0.717) is 5.75 Å². The lowest BCUT2D eigenvalue weighted by molar-refractivity contribution is -0.119. The number of fused-ring (bicyclic) bond motifs is 2. The van der Waals surface area contributed by atoms with E-state index in [1.165, 1.54) is 11.1 Å². The minimum absolute atomic E-state index is 0.0904. The summed E-state index contributed by atoms with van der Waals surface area (Å²) in [4.78, 5) is 18.0. The average Bonchev–Trinajstić information content (AvgIpc) is 2.66. The molecule has 1 atom stereocenters. The summed E-state index contributed by atoms with van der Waals surface area (Å²) in [5, 5.41) is 4.32. The molecule has 25 heavy (non-hydrogen) atoms. The number of aromatic nitrogens is 1. The molecule has 1 heterocycles. The highest BCUT2D eigenvalue weighted by atomic mass is 32.2. The summed E-state index contributed by atoms with van der Waals surface area (Å²) >= 11 is 1.58. The predicted octanol–water partition coefficient (Wildman–Crippen LogP) is 4.52. The summed E-state index contributed by atoms with van der Waals surface area (Å²) in [6.45, 7) is 0. The molecular weight excluding hydrogens is 328 g/mol. The number of aryl methyl sites for hydroxylation is 1. The molecule has 0 saturated carbocycles. The summed E-state index contributed by atoms with van der Waals surface area (Å²) in [7, 11) is 0. The molecule has 4 rings (SSSR count). The van der Waals surface area contributed by atoms with Crippen LogP contribution in [0.15, 0.2) is 65.7 Å². The molecule has 0 aliphatic heterocycles. The first-order chi connectivity index (χ1) is 12.3. The zero-order chi connectivity index (χ0) is 17.1. The molecule has 0 spiro atoms. The number of thioether (sulfide) groups is 1. The van der Waals surface area contributed by atoms with Crippen LogP contribution in [0.5, 0.6) is 0 Å². The number of nitrogens with one attached hydrogen (secondary N) is 1. The molecule has 1 N–H and O–H groups in total. The number of pyridine rings is 1. The van der Waals surface area contributed by atoms with Gasteiger partial charge in [-0.3, -0.25) is 9.78 Å². The number of hydrogen-bond acceptors (Lipinski definition) is 3. The highest BCUT2D eigenvalue weighted by Crippen LogP contribution is 2.30. The van der Waals surface area contributed by atoms with E-state index in [9.17, 15) is 4.79 Å². The Morgan fingerprint density at radius 2 is 1.96 bits per heavy atom. The van der Waals surface area contributed by atoms with Gasteiger partial charge in [0, 0.05) is 16.5 Å².